The topological polar surface area (TPSA) is 134 Å². The molecular formula is C28H24Cl2N6O3S2. The zero-order chi connectivity index (χ0) is 29.1. The second kappa shape index (κ2) is 12.5. The molecule has 13 heteroatoms. The molecule has 1 aliphatic carbocycles. The Hall–Kier alpha value is -3.56. The summed E-state index contributed by atoms with van der Waals surface area (Å²) in [5.41, 5.74) is 8.99. The summed E-state index contributed by atoms with van der Waals surface area (Å²) >= 11 is 15.5. The molecule has 5 rings (SSSR count). The van der Waals surface area contributed by atoms with Gasteiger partial charge in [-0.05, 0) is 56.2 Å². The van der Waals surface area contributed by atoms with Crippen LogP contribution in [0.5, 0.6) is 5.75 Å². The smallest absolute Gasteiger partial charge is 0.234 e. The van der Waals surface area contributed by atoms with E-state index in [1.54, 1.807) is 47.4 Å². The standard InChI is InChI=1S/C28H24Cl2N6O3S2/c1-2-39-16-11-9-15(10-12-16)33-22(38)14-40-28-35-34-27(41-28)36-20-7-4-8-21(37)25(20)23(17(13-31)26(36)32)24-18(29)5-3-6-19(24)30/h3,5-6,9-12,23H,2,4,7-8,14,32H2,1H3,(H,33,38). The van der Waals surface area contributed by atoms with Crippen LogP contribution in [0.4, 0.5) is 10.8 Å². The minimum Gasteiger partial charge on any atom is -0.494 e. The number of Topliss-reactive ketones (excluding diaryl/α,β-unsaturated/α-hetero) is 1. The molecule has 1 aliphatic heterocycles. The van der Waals surface area contributed by atoms with E-state index in [2.05, 4.69) is 21.6 Å². The van der Waals surface area contributed by atoms with Gasteiger partial charge in [-0.15, -0.1) is 10.2 Å². The molecule has 2 aromatic carbocycles. The SMILES string of the molecule is CCOc1ccc(NC(=O)CSc2nnc(N3C(N)=C(C#N)C(c4c(Cl)cccc4Cl)C4=C3CCCC4=O)s2)cc1. The van der Waals surface area contributed by atoms with Crippen LogP contribution in [0.15, 0.2) is 69.5 Å². The number of rotatable bonds is 8. The monoisotopic (exact) mass is 626 g/mol. The third-order valence-corrected chi connectivity index (χ3v) is 9.27. The lowest BCUT2D eigenvalue weighted by atomic mass is 9.75. The number of hydrogen-bond donors (Lipinski definition) is 2. The summed E-state index contributed by atoms with van der Waals surface area (Å²) in [5, 5.41) is 22.7. The molecule has 0 saturated heterocycles. The zero-order valence-corrected chi connectivity index (χ0v) is 25.0. The Labute approximate surface area is 255 Å². The number of nitrogens with two attached hydrogens (primary N) is 1. The summed E-state index contributed by atoms with van der Waals surface area (Å²) in [7, 11) is 0. The van der Waals surface area contributed by atoms with Crippen LogP contribution >= 0.6 is 46.3 Å². The molecule has 0 fully saturated rings. The van der Waals surface area contributed by atoms with E-state index in [1.165, 1.54) is 23.1 Å². The van der Waals surface area contributed by atoms with Crippen molar-refractivity contribution in [3.63, 3.8) is 0 Å². The number of ether oxygens (including phenoxy) is 1. The summed E-state index contributed by atoms with van der Waals surface area (Å²) in [6.45, 7) is 2.47. The molecule has 9 nitrogen and oxygen atoms in total. The number of halogens is 2. The number of anilines is 2. The lowest BCUT2D eigenvalue weighted by molar-refractivity contribution is -0.116. The van der Waals surface area contributed by atoms with Gasteiger partial charge in [-0.25, -0.2) is 0 Å². The van der Waals surface area contributed by atoms with E-state index >= 15 is 0 Å². The number of thioether (sulfide) groups is 1. The molecule has 210 valence electrons. The minimum atomic E-state index is -0.784. The number of aromatic nitrogens is 2. The van der Waals surface area contributed by atoms with Crippen molar-refractivity contribution in [3.05, 3.63) is 80.7 Å². The van der Waals surface area contributed by atoms with E-state index < -0.39 is 5.92 Å². The lowest BCUT2D eigenvalue weighted by Crippen LogP contribution is -2.38. The molecule has 2 aliphatic rings. The van der Waals surface area contributed by atoms with Crippen LogP contribution in [0.1, 0.15) is 37.7 Å². The van der Waals surface area contributed by atoms with Crippen LogP contribution < -0.4 is 20.7 Å². The highest BCUT2D eigenvalue weighted by Gasteiger charge is 2.42. The number of nitriles is 1. The first-order chi connectivity index (χ1) is 19.8. The van der Waals surface area contributed by atoms with Gasteiger partial charge in [-0.3, -0.25) is 14.5 Å². The van der Waals surface area contributed by atoms with Crippen LogP contribution in [0.25, 0.3) is 0 Å². The Bertz CT molecular complexity index is 1590. The third kappa shape index (κ3) is 5.92. The van der Waals surface area contributed by atoms with E-state index in [9.17, 15) is 14.9 Å². The molecule has 0 saturated carbocycles. The fourth-order valence-corrected chi connectivity index (χ4v) is 7.15. The molecule has 0 spiro atoms. The number of allylic oxidation sites excluding steroid dienone is 3. The molecule has 2 heterocycles. The average Bonchev–Trinajstić information content (AvgIpc) is 3.41. The van der Waals surface area contributed by atoms with Gasteiger partial charge in [0.15, 0.2) is 10.1 Å². The summed E-state index contributed by atoms with van der Waals surface area (Å²) in [5.74, 6) is -0.108. The van der Waals surface area contributed by atoms with Crippen molar-refractivity contribution >= 4 is 68.8 Å². The zero-order valence-electron chi connectivity index (χ0n) is 21.8. The maximum Gasteiger partial charge on any atom is 0.234 e. The highest BCUT2D eigenvalue weighted by atomic mass is 35.5. The maximum atomic E-state index is 13.3. The Morgan fingerprint density at radius 1 is 1.22 bits per heavy atom. The first-order valence-electron chi connectivity index (χ1n) is 12.7. The van der Waals surface area contributed by atoms with Gasteiger partial charge in [-0.1, -0.05) is 52.4 Å². The highest BCUT2D eigenvalue weighted by molar-refractivity contribution is 8.01. The number of carbonyl (C=O) groups is 2. The molecule has 0 radical (unpaired) electrons. The van der Waals surface area contributed by atoms with E-state index in [1.807, 2.05) is 6.92 Å². The third-order valence-electron chi connectivity index (χ3n) is 6.56. The number of hydrogen-bond acceptors (Lipinski definition) is 10. The van der Waals surface area contributed by atoms with Crippen molar-refractivity contribution in [3.8, 4) is 11.8 Å². The van der Waals surface area contributed by atoms with Gasteiger partial charge in [0, 0.05) is 39.0 Å². The number of benzene rings is 2. The molecule has 1 aromatic heterocycles. The van der Waals surface area contributed by atoms with Crippen molar-refractivity contribution in [2.24, 2.45) is 5.73 Å². The second-order valence-corrected chi connectivity index (χ2v) is 12.1. The van der Waals surface area contributed by atoms with E-state index in [0.29, 0.717) is 67.9 Å². The summed E-state index contributed by atoms with van der Waals surface area (Å²) < 4.78 is 5.96. The van der Waals surface area contributed by atoms with Crippen molar-refractivity contribution in [2.45, 2.75) is 36.4 Å². The number of carbonyl (C=O) groups excluding carboxylic acids is 2. The summed E-state index contributed by atoms with van der Waals surface area (Å²) in [4.78, 5) is 27.5. The van der Waals surface area contributed by atoms with Crippen LogP contribution in [-0.2, 0) is 9.59 Å². The largest absolute Gasteiger partial charge is 0.494 e. The second-order valence-electron chi connectivity index (χ2n) is 9.10. The van der Waals surface area contributed by atoms with Crippen molar-refractivity contribution < 1.29 is 14.3 Å². The van der Waals surface area contributed by atoms with Crippen LogP contribution in [-0.4, -0.2) is 34.2 Å². The summed E-state index contributed by atoms with van der Waals surface area (Å²) in [6.07, 6.45) is 1.51. The predicted molar refractivity (Wildman–Crippen MR) is 161 cm³/mol. The quantitative estimate of drug-likeness (QED) is 0.277. The van der Waals surface area contributed by atoms with Gasteiger partial charge in [0.1, 0.15) is 11.6 Å². The maximum absolute atomic E-state index is 13.3. The van der Waals surface area contributed by atoms with Crippen LogP contribution in [0.2, 0.25) is 10.0 Å². The van der Waals surface area contributed by atoms with Crippen LogP contribution in [0, 0.1) is 11.3 Å². The molecular weight excluding hydrogens is 603 g/mol. The van der Waals surface area contributed by atoms with E-state index in [-0.39, 0.29) is 28.8 Å². The number of nitrogens with one attached hydrogen (secondary N) is 1. The first kappa shape index (κ1) is 29.0. The average molecular weight is 628 g/mol. The predicted octanol–water partition coefficient (Wildman–Crippen LogP) is 6.28. The van der Waals surface area contributed by atoms with E-state index in [0.717, 1.165) is 5.75 Å². The van der Waals surface area contributed by atoms with Crippen molar-refractivity contribution in [1.82, 2.24) is 10.2 Å². The molecule has 3 N–H and O–H groups in total. The molecule has 1 atom stereocenters. The Kier molecular flexibility index (Phi) is 8.85. The van der Waals surface area contributed by atoms with Crippen molar-refractivity contribution in [1.29, 1.82) is 5.26 Å². The van der Waals surface area contributed by atoms with Gasteiger partial charge < -0.3 is 15.8 Å². The van der Waals surface area contributed by atoms with Gasteiger partial charge in [0.05, 0.1) is 29.9 Å². The first-order valence-corrected chi connectivity index (χ1v) is 15.3. The molecule has 1 unspecified atom stereocenters. The molecule has 1 amide bonds. The highest BCUT2D eigenvalue weighted by Crippen LogP contribution is 2.49. The fourth-order valence-electron chi connectivity index (χ4n) is 4.86. The van der Waals surface area contributed by atoms with Gasteiger partial charge in [0.2, 0.25) is 11.0 Å². The Morgan fingerprint density at radius 3 is 2.63 bits per heavy atom. The number of ketones is 1. The number of amides is 1. The summed E-state index contributed by atoms with van der Waals surface area (Å²) in [6, 6.07) is 14.4. The van der Waals surface area contributed by atoms with Gasteiger partial charge in [-0.2, -0.15) is 5.26 Å². The Balaban J connectivity index is 1.39. The van der Waals surface area contributed by atoms with Crippen LogP contribution in [0.3, 0.4) is 0 Å². The molecule has 0 bridgehead atoms. The number of nitrogens with zero attached hydrogens (tertiary/aromatic N) is 4. The minimum absolute atomic E-state index is 0.0949. The Morgan fingerprint density at radius 2 is 1.95 bits per heavy atom. The van der Waals surface area contributed by atoms with E-state index in [4.69, 9.17) is 33.7 Å². The molecule has 3 aromatic rings. The van der Waals surface area contributed by atoms with Gasteiger partial charge in [0.25, 0.3) is 0 Å². The normalized spacial score (nSPS) is 16.9. The van der Waals surface area contributed by atoms with Gasteiger partial charge >= 0.3 is 0 Å². The lowest BCUT2D eigenvalue weighted by Gasteiger charge is -2.38. The van der Waals surface area contributed by atoms with Crippen molar-refractivity contribution in [2.75, 3.05) is 22.6 Å². The fraction of sp³-hybridized carbons (Fsp3) is 0.250. The molecule has 41 heavy (non-hydrogen) atoms.